The Hall–Kier alpha value is -0.120. The summed E-state index contributed by atoms with van der Waals surface area (Å²) in [5, 5.41) is 9.27. The fraction of sp³-hybridized carbons (Fsp3) is 1.00. The normalized spacial score (nSPS) is 41.4. The van der Waals surface area contributed by atoms with Crippen LogP contribution < -0.4 is 5.73 Å². The second-order valence-corrected chi connectivity index (χ2v) is 7.62. The van der Waals surface area contributed by atoms with Crippen molar-refractivity contribution < 1.29 is 9.59 Å². The van der Waals surface area contributed by atoms with Crippen LogP contribution in [-0.4, -0.2) is 47.9 Å². The Morgan fingerprint density at radius 3 is 2.50 bits per heavy atom. The Morgan fingerprint density at radius 1 is 1.15 bits per heavy atom. The Labute approximate surface area is 125 Å². The van der Waals surface area contributed by atoms with E-state index in [0.717, 1.165) is 37.4 Å². The summed E-state index contributed by atoms with van der Waals surface area (Å²) in [6, 6.07) is 1.20. The smallest absolute Gasteiger partial charge is 0.0942 e. The van der Waals surface area contributed by atoms with Crippen LogP contribution >= 0.6 is 0 Å². The monoisotopic (exact) mass is 283 g/mol. The van der Waals surface area contributed by atoms with Gasteiger partial charge in [-0.2, -0.15) is 0 Å². The average Bonchev–Trinajstić information content (AvgIpc) is 2.39. The van der Waals surface area contributed by atoms with Crippen LogP contribution in [0.4, 0.5) is 0 Å². The van der Waals surface area contributed by atoms with E-state index in [1.54, 1.807) is 0 Å². The van der Waals surface area contributed by atoms with Crippen molar-refractivity contribution in [3.05, 3.63) is 0 Å². The summed E-state index contributed by atoms with van der Waals surface area (Å²) in [6.07, 6.45) is 8.91. The molecule has 0 aromatic carbocycles. The molecule has 2 rings (SSSR count). The maximum atomic E-state index is 9.27. The number of nitrogens with two attached hydrogens (primary N) is 1. The summed E-state index contributed by atoms with van der Waals surface area (Å²) in [5.41, 5.74) is 6.42. The van der Waals surface area contributed by atoms with Crippen molar-refractivity contribution >= 4 is 0 Å². The van der Waals surface area contributed by atoms with Gasteiger partial charge in [0.2, 0.25) is 0 Å². The summed E-state index contributed by atoms with van der Waals surface area (Å²) in [4.78, 5) is 0. The molecule has 0 aromatic heterocycles. The number of aliphatic hydroxyl groups is 1. The highest BCUT2D eigenvalue weighted by Crippen LogP contribution is 2.40. The summed E-state index contributed by atoms with van der Waals surface area (Å²) in [7, 11) is 0. The van der Waals surface area contributed by atoms with Gasteiger partial charge in [-0.1, -0.05) is 26.7 Å². The first-order valence-electron chi connectivity index (χ1n) is 8.82. The third kappa shape index (κ3) is 3.75. The second kappa shape index (κ2) is 7.24. The summed E-state index contributed by atoms with van der Waals surface area (Å²) >= 11 is 0. The Kier molecular flexibility index (Phi) is 5.88. The standard InChI is InChI=1S/C17H35N2O/c1-3-4-6-15-11-16(18)13-19(12-15,7-5-8-20)17-9-14(2)10-17/h14-17,20H,3-13,18H2,1-2H3/q+1. The quantitative estimate of drug-likeness (QED) is 0.705. The van der Waals surface area contributed by atoms with E-state index in [-0.39, 0.29) is 0 Å². The first-order valence-corrected chi connectivity index (χ1v) is 8.82. The molecule has 3 unspecified atom stereocenters. The van der Waals surface area contributed by atoms with E-state index in [1.807, 2.05) is 0 Å². The van der Waals surface area contributed by atoms with Crippen LogP contribution in [0.5, 0.6) is 0 Å². The number of piperidine rings is 1. The maximum Gasteiger partial charge on any atom is 0.0942 e. The van der Waals surface area contributed by atoms with Gasteiger partial charge in [0, 0.05) is 31.8 Å². The lowest BCUT2D eigenvalue weighted by Crippen LogP contribution is -2.68. The van der Waals surface area contributed by atoms with E-state index < -0.39 is 0 Å². The van der Waals surface area contributed by atoms with Crippen LogP contribution in [0.15, 0.2) is 0 Å². The van der Waals surface area contributed by atoms with Crippen molar-refractivity contribution in [3.63, 3.8) is 0 Å². The largest absolute Gasteiger partial charge is 0.396 e. The molecule has 1 saturated heterocycles. The molecular weight excluding hydrogens is 248 g/mol. The highest BCUT2D eigenvalue weighted by Gasteiger charge is 2.47. The Morgan fingerprint density at radius 2 is 1.90 bits per heavy atom. The number of likely N-dealkylation sites (tertiary alicyclic amines) is 1. The highest BCUT2D eigenvalue weighted by molar-refractivity contribution is 4.83. The number of hydrogen-bond acceptors (Lipinski definition) is 2. The number of nitrogens with zero attached hydrogens (tertiary/aromatic N) is 1. The van der Waals surface area contributed by atoms with E-state index >= 15 is 0 Å². The average molecular weight is 283 g/mol. The van der Waals surface area contributed by atoms with Gasteiger partial charge in [0.05, 0.1) is 31.7 Å². The van der Waals surface area contributed by atoms with Crippen molar-refractivity contribution in [3.8, 4) is 0 Å². The second-order valence-electron chi connectivity index (χ2n) is 7.62. The molecule has 3 atom stereocenters. The highest BCUT2D eigenvalue weighted by atomic mass is 16.3. The molecule has 3 N–H and O–H groups in total. The summed E-state index contributed by atoms with van der Waals surface area (Å²) in [6.45, 7) is 8.61. The molecule has 0 spiro atoms. The van der Waals surface area contributed by atoms with Crippen LogP contribution in [0.3, 0.4) is 0 Å². The zero-order chi connectivity index (χ0) is 14.6. The number of unbranched alkanes of at least 4 members (excludes halogenated alkanes) is 1. The summed E-state index contributed by atoms with van der Waals surface area (Å²) in [5.74, 6) is 1.71. The molecule has 20 heavy (non-hydrogen) atoms. The molecule has 118 valence electrons. The lowest BCUT2D eigenvalue weighted by atomic mass is 9.76. The van der Waals surface area contributed by atoms with Crippen LogP contribution in [0, 0.1) is 11.8 Å². The Balaban J connectivity index is 2.03. The fourth-order valence-electron chi connectivity index (χ4n) is 4.69. The van der Waals surface area contributed by atoms with Gasteiger partial charge in [0.1, 0.15) is 0 Å². The van der Waals surface area contributed by atoms with Crippen molar-refractivity contribution in [2.45, 2.75) is 70.9 Å². The van der Waals surface area contributed by atoms with E-state index in [0.29, 0.717) is 12.6 Å². The topological polar surface area (TPSA) is 46.2 Å². The first kappa shape index (κ1) is 16.3. The van der Waals surface area contributed by atoms with Crippen molar-refractivity contribution in [1.82, 2.24) is 0 Å². The van der Waals surface area contributed by atoms with Gasteiger partial charge in [-0.15, -0.1) is 0 Å². The lowest BCUT2D eigenvalue weighted by Gasteiger charge is -2.55. The van der Waals surface area contributed by atoms with Gasteiger partial charge in [-0.05, 0) is 18.8 Å². The van der Waals surface area contributed by atoms with Crippen molar-refractivity contribution in [1.29, 1.82) is 0 Å². The molecule has 2 aliphatic rings. The number of quaternary nitrogens is 1. The van der Waals surface area contributed by atoms with Crippen molar-refractivity contribution in [2.75, 3.05) is 26.2 Å². The van der Waals surface area contributed by atoms with E-state index in [2.05, 4.69) is 13.8 Å². The molecule has 1 saturated carbocycles. The van der Waals surface area contributed by atoms with Gasteiger partial charge in [-0.3, -0.25) is 0 Å². The molecule has 0 radical (unpaired) electrons. The zero-order valence-electron chi connectivity index (χ0n) is 13.6. The van der Waals surface area contributed by atoms with Crippen LogP contribution in [-0.2, 0) is 0 Å². The fourth-order valence-corrected chi connectivity index (χ4v) is 4.69. The van der Waals surface area contributed by atoms with Crippen LogP contribution in [0.1, 0.15) is 58.8 Å². The zero-order valence-corrected chi connectivity index (χ0v) is 13.6. The van der Waals surface area contributed by atoms with Crippen LogP contribution in [0.25, 0.3) is 0 Å². The van der Waals surface area contributed by atoms with Gasteiger partial charge in [-0.25, -0.2) is 0 Å². The van der Waals surface area contributed by atoms with E-state index in [9.17, 15) is 5.11 Å². The third-order valence-corrected chi connectivity index (χ3v) is 5.71. The molecular formula is C17H35N2O+. The van der Waals surface area contributed by atoms with Crippen LogP contribution in [0.2, 0.25) is 0 Å². The van der Waals surface area contributed by atoms with Gasteiger partial charge in [0.25, 0.3) is 0 Å². The van der Waals surface area contributed by atoms with E-state index in [1.165, 1.54) is 49.6 Å². The third-order valence-electron chi connectivity index (χ3n) is 5.71. The lowest BCUT2D eigenvalue weighted by molar-refractivity contribution is -0.965. The SMILES string of the molecule is CCCCC1CC(N)C[N+](CCCO)(C2CC(C)C2)C1. The number of aliphatic hydroxyl groups excluding tert-OH is 1. The molecule has 1 heterocycles. The minimum absolute atomic E-state index is 0.330. The predicted molar refractivity (Wildman–Crippen MR) is 84.4 cm³/mol. The predicted octanol–water partition coefficient (Wildman–Crippen LogP) is 2.52. The van der Waals surface area contributed by atoms with Gasteiger partial charge < -0.3 is 15.3 Å². The molecule has 1 aliphatic carbocycles. The van der Waals surface area contributed by atoms with Gasteiger partial charge in [0.15, 0.2) is 0 Å². The summed E-state index contributed by atoms with van der Waals surface area (Å²) < 4.78 is 1.22. The molecule has 0 bridgehead atoms. The maximum absolute atomic E-state index is 9.27. The molecule has 0 amide bonds. The minimum atomic E-state index is 0.330. The molecule has 3 nitrogen and oxygen atoms in total. The van der Waals surface area contributed by atoms with Gasteiger partial charge >= 0.3 is 0 Å². The Bertz CT molecular complexity index is 291. The number of rotatable bonds is 7. The van der Waals surface area contributed by atoms with Crippen molar-refractivity contribution in [2.24, 2.45) is 17.6 Å². The molecule has 2 fully saturated rings. The number of hydrogen-bond donors (Lipinski definition) is 2. The molecule has 0 aromatic rings. The van der Waals surface area contributed by atoms with E-state index in [4.69, 9.17) is 5.73 Å². The molecule has 1 aliphatic heterocycles. The first-order chi connectivity index (χ1) is 9.59. The minimum Gasteiger partial charge on any atom is -0.396 e. The molecule has 3 heteroatoms.